The summed E-state index contributed by atoms with van der Waals surface area (Å²) in [5.41, 5.74) is 1.17. The van der Waals surface area contributed by atoms with Crippen molar-refractivity contribution in [1.29, 1.82) is 0 Å². The molecule has 1 aliphatic rings. The van der Waals surface area contributed by atoms with E-state index in [2.05, 4.69) is 9.24 Å². The Labute approximate surface area is 79.5 Å². The Morgan fingerprint density at radius 2 is 2.23 bits per heavy atom. The fraction of sp³-hybridized carbons (Fsp3) is 0.300. The third-order valence-electron chi connectivity index (χ3n) is 2.25. The Bertz CT molecular complexity index is 335. The molecule has 0 aliphatic carbocycles. The second-order valence-corrected chi connectivity index (χ2v) is 3.79. The lowest BCUT2D eigenvalue weighted by Crippen LogP contribution is -2.42. The lowest BCUT2D eigenvalue weighted by molar-refractivity contribution is -0.153. The Morgan fingerprint density at radius 3 is 2.77 bits per heavy atom. The maximum atomic E-state index is 11.0. The number of benzene rings is 1. The Balaban J connectivity index is 2.09. The van der Waals surface area contributed by atoms with Crippen molar-refractivity contribution >= 4 is 20.3 Å². The molecular formula is C10H11O2P. The van der Waals surface area contributed by atoms with Crippen molar-refractivity contribution < 1.29 is 9.53 Å². The summed E-state index contributed by atoms with van der Waals surface area (Å²) in [6.45, 7) is 0.295. The maximum Gasteiger partial charge on any atom is 0.187 e. The van der Waals surface area contributed by atoms with E-state index in [-0.39, 0.29) is 11.9 Å². The molecule has 2 atom stereocenters. The number of hydrogen-bond donors (Lipinski definition) is 0. The highest BCUT2D eigenvalue weighted by Crippen LogP contribution is 2.13. The van der Waals surface area contributed by atoms with Gasteiger partial charge in [0.1, 0.15) is 12.7 Å². The first-order valence-corrected chi connectivity index (χ1v) is 4.83. The van der Waals surface area contributed by atoms with Crippen LogP contribution in [0.1, 0.15) is 5.56 Å². The Kier molecular flexibility index (Phi) is 2.43. The molecule has 2 unspecified atom stereocenters. The summed E-state index contributed by atoms with van der Waals surface area (Å²) >= 11 is 0. The normalized spacial score (nSPS) is 21.3. The predicted octanol–water partition coefficient (Wildman–Crippen LogP) is 0.697. The molecule has 0 saturated carbocycles. The van der Waals surface area contributed by atoms with Crippen molar-refractivity contribution in [3.05, 3.63) is 29.8 Å². The molecule has 13 heavy (non-hydrogen) atoms. The molecule has 1 aromatic rings. The molecule has 2 nitrogen and oxygen atoms in total. The van der Waals surface area contributed by atoms with Crippen LogP contribution in [0.2, 0.25) is 0 Å². The summed E-state index contributed by atoms with van der Waals surface area (Å²) < 4.78 is 5.14. The minimum absolute atomic E-state index is 0.193. The lowest BCUT2D eigenvalue weighted by atomic mass is 10.0. The van der Waals surface area contributed by atoms with Gasteiger partial charge in [-0.2, -0.15) is 0 Å². The second kappa shape index (κ2) is 3.57. The second-order valence-electron chi connectivity index (χ2n) is 3.17. The molecule has 1 saturated heterocycles. The molecule has 0 spiro atoms. The topological polar surface area (TPSA) is 26.3 Å². The van der Waals surface area contributed by atoms with Crippen molar-refractivity contribution in [3.8, 4) is 0 Å². The van der Waals surface area contributed by atoms with Crippen LogP contribution in [-0.2, 0) is 16.0 Å². The van der Waals surface area contributed by atoms with Crippen LogP contribution in [0.3, 0.4) is 0 Å². The number of carbonyl (C=O) groups excluding carboxylic acids is 1. The summed E-state index contributed by atoms with van der Waals surface area (Å²) in [6.07, 6.45) is 0.514. The SMILES string of the molecule is O=C1COC1Cc1ccccc1P. The van der Waals surface area contributed by atoms with Crippen LogP contribution in [0.15, 0.2) is 24.3 Å². The summed E-state index contributed by atoms with van der Waals surface area (Å²) in [7, 11) is 2.67. The van der Waals surface area contributed by atoms with Crippen LogP contribution in [-0.4, -0.2) is 18.5 Å². The molecule has 1 fully saturated rings. The van der Waals surface area contributed by atoms with E-state index in [1.807, 2.05) is 24.3 Å². The largest absolute Gasteiger partial charge is 0.362 e. The zero-order valence-corrected chi connectivity index (χ0v) is 8.35. The highest BCUT2D eigenvalue weighted by molar-refractivity contribution is 7.27. The Hall–Kier alpha value is -0.720. The molecule has 3 heteroatoms. The third-order valence-corrected chi connectivity index (χ3v) is 2.81. The minimum atomic E-state index is -0.193. The van der Waals surface area contributed by atoms with E-state index < -0.39 is 0 Å². The monoisotopic (exact) mass is 194 g/mol. The Morgan fingerprint density at radius 1 is 1.46 bits per heavy atom. The molecule has 0 radical (unpaired) electrons. The smallest absolute Gasteiger partial charge is 0.187 e. The van der Waals surface area contributed by atoms with Crippen LogP contribution >= 0.6 is 9.24 Å². The van der Waals surface area contributed by atoms with E-state index >= 15 is 0 Å². The van der Waals surface area contributed by atoms with Crippen molar-refractivity contribution in [2.24, 2.45) is 0 Å². The van der Waals surface area contributed by atoms with Gasteiger partial charge in [-0.3, -0.25) is 4.79 Å². The molecule has 2 rings (SSSR count). The van der Waals surface area contributed by atoms with Crippen LogP contribution < -0.4 is 5.30 Å². The molecular weight excluding hydrogens is 183 g/mol. The fourth-order valence-corrected chi connectivity index (χ4v) is 1.69. The van der Waals surface area contributed by atoms with Gasteiger partial charge >= 0.3 is 0 Å². The highest BCUT2D eigenvalue weighted by Gasteiger charge is 2.29. The highest BCUT2D eigenvalue weighted by atomic mass is 31.0. The molecule has 0 aromatic heterocycles. The van der Waals surface area contributed by atoms with Crippen molar-refractivity contribution in [2.45, 2.75) is 12.5 Å². The van der Waals surface area contributed by atoms with E-state index in [1.54, 1.807) is 0 Å². The molecule has 1 aliphatic heterocycles. The first kappa shape index (κ1) is 8.86. The van der Waals surface area contributed by atoms with Gasteiger partial charge in [0.2, 0.25) is 0 Å². The molecule has 0 N–H and O–H groups in total. The van der Waals surface area contributed by atoms with Crippen LogP contribution in [0.25, 0.3) is 0 Å². The molecule has 1 heterocycles. The molecule has 68 valence electrons. The average Bonchev–Trinajstić information content (AvgIpc) is 2.14. The number of rotatable bonds is 2. The van der Waals surface area contributed by atoms with Gasteiger partial charge in [0.15, 0.2) is 5.78 Å². The van der Waals surface area contributed by atoms with Crippen molar-refractivity contribution in [1.82, 2.24) is 0 Å². The zero-order valence-electron chi connectivity index (χ0n) is 7.19. The number of ether oxygens (including phenoxy) is 1. The molecule has 1 aromatic carbocycles. The van der Waals surface area contributed by atoms with Crippen LogP contribution in [0.4, 0.5) is 0 Å². The first-order valence-electron chi connectivity index (χ1n) is 4.25. The van der Waals surface area contributed by atoms with E-state index in [4.69, 9.17) is 4.74 Å². The minimum Gasteiger partial charge on any atom is -0.362 e. The number of Topliss-reactive ketones (excluding diaryl/α,β-unsaturated/α-hetero) is 1. The van der Waals surface area contributed by atoms with Gasteiger partial charge in [0.05, 0.1) is 0 Å². The molecule has 0 bridgehead atoms. The summed E-state index contributed by atoms with van der Waals surface area (Å²) in [5.74, 6) is 0.216. The number of hydrogen-bond acceptors (Lipinski definition) is 2. The summed E-state index contributed by atoms with van der Waals surface area (Å²) in [5, 5.41) is 1.14. The van der Waals surface area contributed by atoms with E-state index in [0.29, 0.717) is 13.0 Å². The fourth-order valence-electron chi connectivity index (χ4n) is 1.36. The van der Waals surface area contributed by atoms with Crippen molar-refractivity contribution in [2.75, 3.05) is 6.61 Å². The van der Waals surface area contributed by atoms with Gasteiger partial charge in [-0.15, -0.1) is 9.24 Å². The third kappa shape index (κ3) is 1.79. The lowest BCUT2D eigenvalue weighted by Gasteiger charge is -2.25. The maximum absolute atomic E-state index is 11.0. The first-order chi connectivity index (χ1) is 6.27. The summed E-state index contributed by atoms with van der Waals surface area (Å²) in [4.78, 5) is 11.0. The average molecular weight is 194 g/mol. The van der Waals surface area contributed by atoms with Crippen LogP contribution in [0, 0.1) is 0 Å². The van der Waals surface area contributed by atoms with Gasteiger partial charge in [0, 0.05) is 6.42 Å². The zero-order chi connectivity index (χ0) is 9.26. The van der Waals surface area contributed by atoms with Gasteiger partial charge in [-0.1, -0.05) is 24.3 Å². The predicted molar refractivity (Wildman–Crippen MR) is 54.2 cm³/mol. The van der Waals surface area contributed by atoms with Gasteiger partial charge < -0.3 is 4.74 Å². The quantitative estimate of drug-likeness (QED) is 0.648. The number of ketones is 1. The van der Waals surface area contributed by atoms with Gasteiger partial charge in [0.25, 0.3) is 0 Å². The number of carbonyl (C=O) groups is 1. The van der Waals surface area contributed by atoms with Crippen molar-refractivity contribution in [3.63, 3.8) is 0 Å². The summed E-state index contributed by atoms with van der Waals surface area (Å²) in [6, 6.07) is 8.00. The molecule has 0 amide bonds. The standard InChI is InChI=1S/C10H11O2P/c11-8-6-12-9(8)5-7-3-1-2-4-10(7)13/h1-4,9H,5-6,13H2. The van der Waals surface area contributed by atoms with E-state index in [9.17, 15) is 4.79 Å². The van der Waals surface area contributed by atoms with E-state index in [0.717, 1.165) is 5.30 Å². The van der Waals surface area contributed by atoms with E-state index in [1.165, 1.54) is 5.56 Å². The van der Waals surface area contributed by atoms with Gasteiger partial charge in [-0.05, 0) is 10.9 Å². The van der Waals surface area contributed by atoms with Crippen LogP contribution in [0.5, 0.6) is 0 Å². The van der Waals surface area contributed by atoms with Gasteiger partial charge in [-0.25, -0.2) is 0 Å².